The van der Waals surface area contributed by atoms with Crippen molar-refractivity contribution in [3.63, 3.8) is 0 Å². The lowest BCUT2D eigenvalue weighted by Gasteiger charge is -2.10. The number of anilines is 1. The van der Waals surface area contributed by atoms with Gasteiger partial charge in [0.05, 0.1) is 31.9 Å². The van der Waals surface area contributed by atoms with Crippen LogP contribution >= 0.6 is 0 Å². The number of nitrogen functional groups attached to an aromatic ring is 1. The first kappa shape index (κ1) is 20.5. The van der Waals surface area contributed by atoms with Crippen LogP contribution in [0.15, 0.2) is 30.9 Å². The number of hydrogen-bond donors (Lipinski definition) is 3. The van der Waals surface area contributed by atoms with Crippen molar-refractivity contribution in [2.24, 2.45) is 5.73 Å². The SMILES string of the molecule is C=CC(=O)N[C@H]1Cn2c(N)c(C(N)=O)c(C#Cc3cc(OC)cc(OC)c3)c2C1=O. The van der Waals surface area contributed by atoms with Gasteiger partial charge in [0.1, 0.15) is 29.1 Å². The van der Waals surface area contributed by atoms with Crippen LogP contribution in [0.4, 0.5) is 5.82 Å². The van der Waals surface area contributed by atoms with Gasteiger partial charge in [0, 0.05) is 11.6 Å². The molecule has 0 fully saturated rings. The zero-order valence-corrected chi connectivity index (χ0v) is 16.4. The molecule has 2 amide bonds. The molecule has 9 nitrogen and oxygen atoms in total. The smallest absolute Gasteiger partial charge is 0.253 e. The number of benzene rings is 1. The first-order chi connectivity index (χ1) is 14.3. The molecule has 1 aromatic carbocycles. The molecule has 2 heterocycles. The molecule has 0 unspecified atom stereocenters. The monoisotopic (exact) mass is 408 g/mol. The fourth-order valence-corrected chi connectivity index (χ4v) is 3.24. The van der Waals surface area contributed by atoms with Gasteiger partial charge in [-0.25, -0.2) is 0 Å². The zero-order valence-electron chi connectivity index (χ0n) is 16.4. The summed E-state index contributed by atoms with van der Waals surface area (Å²) >= 11 is 0. The van der Waals surface area contributed by atoms with Gasteiger partial charge in [-0.15, -0.1) is 0 Å². The van der Waals surface area contributed by atoms with Crippen molar-refractivity contribution in [2.45, 2.75) is 12.6 Å². The van der Waals surface area contributed by atoms with Crippen molar-refractivity contribution in [3.8, 4) is 23.3 Å². The van der Waals surface area contributed by atoms with E-state index in [4.69, 9.17) is 20.9 Å². The van der Waals surface area contributed by atoms with Gasteiger partial charge >= 0.3 is 0 Å². The lowest BCUT2D eigenvalue weighted by molar-refractivity contribution is -0.116. The summed E-state index contributed by atoms with van der Waals surface area (Å²) in [6.07, 6.45) is 1.07. The Bertz CT molecular complexity index is 1110. The molecule has 0 spiro atoms. The molecule has 1 atom stereocenters. The van der Waals surface area contributed by atoms with E-state index in [1.165, 1.54) is 18.8 Å². The van der Waals surface area contributed by atoms with E-state index in [9.17, 15) is 14.4 Å². The van der Waals surface area contributed by atoms with Crippen molar-refractivity contribution >= 4 is 23.4 Å². The van der Waals surface area contributed by atoms with Crippen LogP contribution in [0, 0.1) is 11.8 Å². The minimum atomic E-state index is -0.841. The van der Waals surface area contributed by atoms with Crippen molar-refractivity contribution in [3.05, 3.63) is 53.2 Å². The van der Waals surface area contributed by atoms with Crippen LogP contribution in [0.2, 0.25) is 0 Å². The summed E-state index contributed by atoms with van der Waals surface area (Å²) in [5.74, 6) is 5.09. The Labute approximate surface area is 172 Å². The van der Waals surface area contributed by atoms with Crippen LogP contribution in [-0.4, -0.2) is 42.4 Å². The van der Waals surface area contributed by atoms with Crippen LogP contribution in [0.25, 0.3) is 0 Å². The Morgan fingerprint density at radius 3 is 2.40 bits per heavy atom. The van der Waals surface area contributed by atoms with Crippen LogP contribution in [0.3, 0.4) is 0 Å². The number of ether oxygens (including phenoxy) is 2. The van der Waals surface area contributed by atoms with Crippen molar-refractivity contribution in [1.29, 1.82) is 0 Å². The van der Waals surface area contributed by atoms with Crippen molar-refractivity contribution < 1.29 is 23.9 Å². The summed E-state index contributed by atoms with van der Waals surface area (Å²) in [5, 5.41) is 2.54. The lowest BCUT2D eigenvalue weighted by Crippen LogP contribution is -2.38. The number of amides is 2. The average Bonchev–Trinajstić information content (AvgIpc) is 3.20. The van der Waals surface area contributed by atoms with E-state index in [2.05, 4.69) is 23.7 Å². The minimum Gasteiger partial charge on any atom is -0.497 e. The molecule has 0 saturated heterocycles. The summed E-state index contributed by atoms with van der Waals surface area (Å²) < 4.78 is 11.9. The summed E-state index contributed by atoms with van der Waals surface area (Å²) in [7, 11) is 3.02. The molecule has 30 heavy (non-hydrogen) atoms. The van der Waals surface area contributed by atoms with E-state index in [0.717, 1.165) is 6.08 Å². The highest BCUT2D eigenvalue weighted by molar-refractivity contribution is 6.11. The number of nitrogens with zero attached hydrogens (tertiary/aromatic N) is 1. The molecule has 0 bridgehead atoms. The highest BCUT2D eigenvalue weighted by Gasteiger charge is 2.38. The van der Waals surface area contributed by atoms with Gasteiger partial charge in [-0.3, -0.25) is 14.4 Å². The number of hydrogen-bond acceptors (Lipinski definition) is 6. The predicted octanol–water partition coefficient (Wildman–Crippen LogP) is 0.453. The van der Waals surface area contributed by atoms with Crippen molar-refractivity contribution in [2.75, 3.05) is 20.0 Å². The molecule has 2 aromatic rings. The van der Waals surface area contributed by atoms with Gasteiger partial charge in [0.25, 0.3) is 5.91 Å². The topological polar surface area (TPSA) is 139 Å². The first-order valence-electron chi connectivity index (χ1n) is 8.84. The number of nitrogens with two attached hydrogens (primary N) is 2. The summed E-state index contributed by atoms with van der Waals surface area (Å²) in [6, 6.07) is 4.19. The van der Waals surface area contributed by atoms with E-state index < -0.39 is 23.6 Å². The molecule has 154 valence electrons. The maximum absolute atomic E-state index is 12.9. The van der Waals surface area contributed by atoms with Crippen LogP contribution in [0.5, 0.6) is 11.5 Å². The molecule has 9 heteroatoms. The maximum atomic E-state index is 12.9. The van der Waals surface area contributed by atoms with E-state index in [1.54, 1.807) is 18.2 Å². The zero-order chi connectivity index (χ0) is 22.0. The summed E-state index contributed by atoms with van der Waals surface area (Å²) in [5.41, 5.74) is 12.3. The number of nitrogens with one attached hydrogen (secondary N) is 1. The predicted molar refractivity (Wildman–Crippen MR) is 109 cm³/mol. The summed E-state index contributed by atoms with van der Waals surface area (Å²) in [6.45, 7) is 3.43. The number of Topliss-reactive ketones (excluding diaryl/α,β-unsaturated/α-hetero) is 1. The van der Waals surface area contributed by atoms with Gasteiger partial charge in [-0.05, 0) is 18.2 Å². The Morgan fingerprint density at radius 1 is 1.23 bits per heavy atom. The Balaban J connectivity index is 2.10. The number of carbonyl (C=O) groups is 3. The third-order valence-corrected chi connectivity index (χ3v) is 4.65. The van der Waals surface area contributed by atoms with Crippen LogP contribution in [-0.2, 0) is 11.3 Å². The van der Waals surface area contributed by atoms with Gasteiger partial charge < -0.3 is 30.8 Å². The molecule has 1 aliphatic rings. The van der Waals surface area contributed by atoms with Gasteiger partial charge in [0.15, 0.2) is 0 Å². The second kappa shape index (κ2) is 8.05. The standard InChI is InChI=1S/C21H20N4O5/c1-4-16(26)24-15-10-25-18(19(15)27)14(17(20(25)22)21(23)28)6-5-11-7-12(29-2)9-13(8-11)30-3/h4,7-9,15H,1,10,22H2,2-3H3,(H2,23,28)(H,24,26)/t15-/m0/s1. The fraction of sp³-hybridized carbons (Fsp3) is 0.190. The molecule has 1 aliphatic heterocycles. The molecule has 5 N–H and O–H groups in total. The first-order valence-corrected chi connectivity index (χ1v) is 8.84. The van der Waals surface area contributed by atoms with Gasteiger partial charge in [-0.1, -0.05) is 18.4 Å². The van der Waals surface area contributed by atoms with E-state index in [0.29, 0.717) is 17.1 Å². The van der Waals surface area contributed by atoms with Crippen LogP contribution in [0.1, 0.15) is 32.0 Å². The second-order valence-electron chi connectivity index (χ2n) is 6.44. The van der Waals surface area contributed by atoms with E-state index in [1.807, 2.05) is 0 Å². The van der Waals surface area contributed by atoms with Crippen LogP contribution < -0.4 is 26.3 Å². The fourth-order valence-electron chi connectivity index (χ4n) is 3.24. The summed E-state index contributed by atoms with van der Waals surface area (Å²) in [4.78, 5) is 36.5. The lowest BCUT2D eigenvalue weighted by atomic mass is 10.0. The number of ketones is 1. The quantitative estimate of drug-likeness (QED) is 0.485. The highest BCUT2D eigenvalue weighted by atomic mass is 16.5. The second-order valence-corrected chi connectivity index (χ2v) is 6.44. The van der Waals surface area contributed by atoms with Gasteiger partial charge in [0.2, 0.25) is 11.7 Å². The number of aromatic nitrogens is 1. The Hall–Kier alpha value is -4.19. The average molecular weight is 408 g/mol. The molecule has 3 rings (SSSR count). The number of fused-ring (bicyclic) bond motifs is 1. The Morgan fingerprint density at radius 2 is 1.87 bits per heavy atom. The largest absolute Gasteiger partial charge is 0.497 e. The van der Waals surface area contributed by atoms with Crippen molar-refractivity contribution in [1.82, 2.24) is 9.88 Å². The third-order valence-electron chi connectivity index (χ3n) is 4.65. The third kappa shape index (κ3) is 3.58. The van der Waals surface area contributed by atoms with E-state index in [-0.39, 0.29) is 29.2 Å². The molecule has 0 radical (unpaired) electrons. The Kier molecular flexibility index (Phi) is 5.51. The molecule has 0 aliphatic carbocycles. The molecule has 0 saturated carbocycles. The van der Waals surface area contributed by atoms with Gasteiger partial charge in [-0.2, -0.15) is 0 Å². The normalized spacial score (nSPS) is 14.3. The number of primary amides is 1. The number of rotatable bonds is 5. The molecular weight excluding hydrogens is 388 g/mol. The maximum Gasteiger partial charge on any atom is 0.253 e. The minimum absolute atomic E-state index is 0.0220. The molecule has 1 aromatic heterocycles. The number of methoxy groups -OCH3 is 2. The highest BCUT2D eigenvalue weighted by Crippen LogP contribution is 2.31. The molecular formula is C21H20N4O5. The van der Waals surface area contributed by atoms with E-state index >= 15 is 0 Å². The number of carbonyl (C=O) groups excluding carboxylic acids is 3.